The number of hydrogen-bond donors (Lipinski definition) is 2. The van der Waals surface area contributed by atoms with Gasteiger partial charge in [-0.1, -0.05) is 0 Å². The molecule has 3 fully saturated rings. The molecule has 7 rings (SSSR count). The zero-order valence-electron chi connectivity index (χ0n) is 25.2. The maximum atomic E-state index is 12.9. The lowest BCUT2D eigenvalue weighted by molar-refractivity contribution is 0.0115. The predicted molar refractivity (Wildman–Crippen MR) is 172 cm³/mol. The van der Waals surface area contributed by atoms with Crippen LogP contribution in [0.1, 0.15) is 12.8 Å². The van der Waals surface area contributed by atoms with Crippen molar-refractivity contribution in [2.24, 2.45) is 0 Å². The summed E-state index contributed by atoms with van der Waals surface area (Å²) in [6.45, 7) is 8.51. The number of ether oxygens (including phenoxy) is 1. The van der Waals surface area contributed by atoms with E-state index >= 15 is 0 Å². The van der Waals surface area contributed by atoms with E-state index in [4.69, 9.17) is 14.1 Å². The van der Waals surface area contributed by atoms with Gasteiger partial charge in [0.15, 0.2) is 0 Å². The topological polar surface area (TPSA) is 128 Å². The first-order valence-corrected chi connectivity index (χ1v) is 15.6. The van der Waals surface area contributed by atoms with Crippen molar-refractivity contribution >= 4 is 34.9 Å². The third kappa shape index (κ3) is 6.99. The molecule has 0 atom stereocenters. The molecule has 2 N–H and O–H groups in total. The van der Waals surface area contributed by atoms with Gasteiger partial charge >= 0.3 is 6.03 Å². The number of piperazine rings is 1. The Balaban J connectivity index is 0.883. The van der Waals surface area contributed by atoms with Crippen molar-refractivity contribution in [1.82, 2.24) is 30.0 Å². The Morgan fingerprint density at radius 1 is 0.800 bits per heavy atom. The van der Waals surface area contributed by atoms with Gasteiger partial charge in [-0.05, 0) is 67.4 Å². The molecule has 3 aliphatic rings. The lowest BCUT2D eigenvalue weighted by Gasteiger charge is -2.40. The second-order valence-electron chi connectivity index (χ2n) is 11.5. The van der Waals surface area contributed by atoms with Gasteiger partial charge in [-0.25, -0.2) is 9.78 Å². The van der Waals surface area contributed by atoms with Crippen LogP contribution in [-0.4, -0.2) is 108 Å². The Labute approximate surface area is 262 Å². The van der Waals surface area contributed by atoms with Crippen LogP contribution in [-0.2, 0) is 4.74 Å². The van der Waals surface area contributed by atoms with Crippen LogP contribution in [0.15, 0.2) is 71.6 Å². The summed E-state index contributed by atoms with van der Waals surface area (Å²) in [5.74, 6) is 1.83. The average molecular weight is 611 g/mol. The van der Waals surface area contributed by atoms with E-state index in [2.05, 4.69) is 64.8 Å². The van der Waals surface area contributed by atoms with Crippen LogP contribution in [0.2, 0.25) is 0 Å². The predicted octanol–water partition coefficient (Wildman–Crippen LogP) is 3.93. The number of urea groups is 1. The van der Waals surface area contributed by atoms with Crippen LogP contribution in [0.5, 0.6) is 0 Å². The number of benzene rings is 2. The molecule has 0 saturated carbocycles. The lowest BCUT2D eigenvalue weighted by Crippen LogP contribution is -2.50. The third-order valence-corrected chi connectivity index (χ3v) is 8.79. The Bertz CT molecular complexity index is 1530. The fourth-order valence-corrected chi connectivity index (χ4v) is 6.24. The number of rotatable bonds is 7. The number of piperidine rings is 1. The van der Waals surface area contributed by atoms with E-state index in [-0.39, 0.29) is 6.03 Å². The van der Waals surface area contributed by atoms with E-state index in [1.54, 1.807) is 6.20 Å². The second-order valence-corrected chi connectivity index (χ2v) is 11.5. The van der Waals surface area contributed by atoms with Crippen molar-refractivity contribution in [2.45, 2.75) is 18.9 Å². The zero-order valence-corrected chi connectivity index (χ0v) is 25.2. The Hall–Kier alpha value is -4.75. The molecular weight excluding hydrogens is 572 g/mol. The molecule has 2 amide bonds. The van der Waals surface area contributed by atoms with Crippen LogP contribution < -0.4 is 20.4 Å². The lowest BCUT2D eigenvalue weighted by atomic mass is 10.0. The summed E-state index contributed by atoms with van der Waals surface area (Å²) in [4.78, 5) is 31.2. The van der Waals surface area contributed by atoms with E-state index in [9.17, 15) is 4.79 Å². The standard InChI is InChI=1S/C32H38N10O3/c43-32(36-26-3-1-24(2-4-26)30-38-34-23-45-30)42-17-15-41(16-18-42)29-9-12-33-31(37-29)35-25-5-7-27(8-6-25)39-13-10-28(11-14-39)40-19-21-44-22-20-40/h1-9,12,23,28H,10-11,13-22H2,(H,36,43)(H,33,35,37). The second kappa shape index (κ2) is 13.5. The van der Waals surface area contributed by atoms with Crippen molar-refractivity contribution in [3.63, 3.8) is 0 Å². The highest BCUT2D eigenvalue weighted by molar-refractivity contribution is 5.89. The summed E-state index contributed by atoms with van der Waals surface area (Å²) < 4.78 is 10.7. The van der Waals surface area contributed by atoms with Crippen LogP contribution in [0.3, 0.4) is 0 Å². The highest BCUT2D eigenvalue weighted by Gasteiger charge is 2.26. The van der Waals surface area contributed by atoms with Gasteiger partial charge in [0.2, 0.25) is 18.2 Å². The van der Waals surface area contributed by atoms with Crippen LogP contribution in [0.25, 0.3) is 11.5 Å². The van der Waals surface area contributed by atoms with Crippen molar-refractivity contribution in [1.29, 1.82) is 0 Å². The van der Waals surface area contributed by atoms with Gasteiger partial charge in [0.25, 0.3) is 0 Å². The summed E-state index contributed by atoms with van der Waals surface area (Å²) in [7, 11) is 0. The molecule has 13 heteroatoms. The molecule has 45 heavy (non-hydrogen) atoms. The maximum Gasteiger partial charge on any atom is 0.321 e. The molecular formula is C32H38N10O3. The third-order valence-electron chi connectivity index (χ3n) is 8.79. The number of morpholine rings is 1. The first-order chi connectivity index (χ1) is 22.2. The molecule has 4 aromatic rings. The summed E-state index contributed by atoms with van der Waals surface area (Å²) in [5, 5.41) is 13.9. The SMILES string of the molecule is O=C(Nc1ccc(-c2nnco2)cc1)N1CCN(c2ccnc(Nc3ccc(N4CCC(N5CCOCC5)CC4)cc3)n2)CC1. The van der Waals surface area contributed by atoms with Crippen molar-refractivity contribution in [2.75, 3.05) is 86.0 Å². The van der Waals surface area contributed by atoms with Crippen molar-refractivity contribution < 1.29 is 13.9 Å². The molecule has 2 aromatic heterocycles. The van der Waals surface area contributed by atoms with Gasteiger partial charge in [0.1, 0.15) is 5.82 Å². The van der Waals surface area contributed by atoms with E-state index in [0.717, 1.165) is 56.5 Å². The molecule has 13 nitrogen and oxygen atoms in total. The Morgan fingerprint density at radius 2 is 1.53 bits per heavy atom. The molecule has 3 aliphatic heterocycles. The molecule has 2 aromatic carbocycles. The number of nitrogens with zero attached hydrogens (tertiary/aromatic N) is 8. The summed E-state index contributed by atoms with van der Waals surface area (Å²) in [5.41, 5.74) is 3.70. The summed E-state index contributed by atoms with van der Waals surface area (Å²) in [6.07, 6.45) is 5.45. The largest absolute Gasteiger partial charge is 0.423 e. The van der Waals surface area contributed by atoms with E-state index in [1.807, 2.05) is 35.2 Å². The number of amides is 2. The van der Waals surface area contributed by atoms with Crippen LogP contribution in [0, 0.1) is 0 Å². The molecule has 0 spiro atoms. The minimum atomic E-state index is -0.129. The van der Waals surface area contributed by atoms with Crippen LogP contribution in [0.4, 0.5) is 33.6 Å². The molecule has 234 valence electrons. The minimum Gasteiger partial charge on any atom is -0.423 e. The van der Waals surface area contributed by atoms with Crippen molar-refractivity contribution in [3.05, 3.63) is 67.2 Å². The quantitative estimate of drug-likeness (QED) is 0.316. The molecule has 0 unspecified atom stereocenters. The Kier molecular flexibility index (Phi) is 8.69. The fraction of sp³-hybridized carbons (Fsp3) is 0.406. The van der Waals surface area contributed by atoms with E-state index in [1.165, 1.54) is 24.9 Å². The molecule has 0 radical (unpaired) electrons. The monoisotopic (exact) mass is 610 g/mol. The summed E-state index contributed by atoms with van der Waals surface area (Å²) >= 11 is 0. The maximum absolute atomic E-state index is 12.9. The van der Waals surface area contributed by atoms with Crippen molar-refractivity contribution in [3.8, 4) is 11.5 Å². The number of carbonyl (C=O) groups excluding carboxylic acids is 1. The number of aromatic nitrogens is 4. The van der Waals surface area contributed by atoms with Gasteiger partial charge in [0.05, 0.1) is 13.2 Å². The first kappa shape index (κ1) is 29.0. The average Bonchev–Trinajstić information content (AvgIpc) is 3.65. The van der Waals surface area contributed by atoms with Gasteiger partial charge in [-0.3, -0.25) is 4.90 Å². The van der Waals surface area contributed by atoms with Gasteiger partial charge in [-0.15, -0.1) is 10.2 Å². The fourth-order valence-electron chi connectivity index (χ4n) is 6.24. The summed E-state index contributed by atoms with van der Waals surface area (Å²) in [6, 6.07) is 18.3. The smallest absolute Gasteiger partial charge is 0.321 e. The molecule has 0 aliphatic carbocycles. The zero-order chi connectivity index (χ0) is 30.4. The number of hydrogen-bond acceptors (Lipinski definition) is 11. The molecule has 0 bridgehead atoms. The Morgan fingerprint density at radius 3 is 2.24 bits per heavy atom. The van der Waals surface area contributed by atoms with Gasteiger partial charge in [0, 0.05) is 87.2 Å². The van der Waals surface area contributed by atoms with Gasteiger partial charge < -0.3 is 34.5 Å². The number of anilines is 5. The van der Waals surface area contributed by atoms with E-state index < -0.39 is 0 Å². The highest BCUT2D eigenvalue weighted by Crippen LogP contribution is 2.26. The molecule has 3 saturated heterocycles. The highest BCUT2D eigenvalue weighted by atomic mass is 16.5. The van der Waals surface area contributed by atoms with Gasteiger partial charge in [-0.2, -0.15) is 4.98 Å². The first-order valence-electron chi connectivity index (χ1n) is 15.6. The normalized spacial score (nSPS) is 18.2. The van der Waals surface area contributed by atoms with Crippen LogP contribution >= 0.6 is 0 Å². The number of carbonyl (C=O) groups is 1. The molecule has 5 heterocycles. The number of nitrogens with one attached hydrogen (secondary N) is 2. The minimum absolute atomic E-state index is 0.129. The van der Waals surface area contributed by atoms with E-state index in [0.29, 0.717) is 49.7 Å².